The Morgan fingerprint density at radius 2 is 1.54 bits per heavy atom. The highest BCUT2D eigenvalue weighted by molar-refractivity contribution is 8.19. The van der Waals surface area contributed by atoms with Gasteiger partial charge < -0.3 is 48.9 Å². The van der Waals surface area contributed by atoms with E-state index in [0.717, 1.165) is 54.5 Å². The molecular weight excluding hydrogens is 921 g/mol. The predicted molar refractivity (Wildman–Crippen MR) is 267 cm³/mol. The third-order valence-electron chi connectivity index (χ3n) is 11.4. The minimum atomic E-state index is -3.95. The Morgan fingerprint density at radius 3 is 2.21 bits per heavy atom. The van der Waals surface area contributed by atoms with Crippen LogP contribution in [0, 0.1) is 0 Å². The number of likely N-dealkylation sites (N-methyl/N-ethyl adjacent to an activating group) is 1. The number of fused-ring (bicyclic) bond motifs is 1. The fourth-order valence-corrected chi connectivity index (χ4v) is 8.51. The number of allylic oxidation sites excluding steroid dienone is 1. The van der Waals surface area contributed by atoms with Crippen LogP contribution in [0.2, 0.25) is 0 Å². The van der Waals surface area contributed by atoms with Crippen molar-refractivity contribution < 1.29 is 56.9 Å². The summed E-state index contributed by atoms with van der Waals surface area (Å²) in [6, 6.07) is 17.4. The van der Waals surface area contributed by atoms with Gasteiger partial charge in [0.15, 0.2) is 5.78 Å². The van der Waals surface area contributed by atoms with Gasteiger partial charge in [0.2, 0.25) is 11.8 Å². The van der Waals surface area contributed by atoms with Crippen molar-refractivity contribution in [2.24, 2.45) is 5.10 Å². The first-order chi connectivity index (χ1) is 33.8. The Kier molecular flexibility index (Phi) is 21.7. The predicted octanol–water partition coefficient (Wildman–Crippen LogP) is 7.99. The minimum Gasteiger partial charge on any atom is -0.493 e. The second kappa shape index (κ2) is 28.0. The average molecular weight is 985 g/mol. The van der Waals surface area contributed by atoms with Crippen molar-refractivity contribution in [1.29, 1.82) is 0 Å². The number of amides is 3. The van der Waals surface area contributed by atoms with Crippen LogP contribution in [-0.4, -0.2) is 98.9 Å². The maximum Gasteiger partial charge on any atom is 0.303 e. The summed E-state index contributed by atoms with van der Waals surface area (Å²) in [5.41, 5.74) is 6.72. The van der Waals surface area contributed by atoms with Crippen LogP contribution in [0.5, 0.6) is 17.2 Å². The zero-order valence-electron chi connectivity index (χ0n) is 39.5. The maximum absolute atomic E-state index is 13.0. The summed E-state index contributed by atoms with van der Waals surface area (Å²) in [6.45, 7) is 5.42. The van der Waals surface area contributed by atoms with Crippen molar-refractivity contribution in [3.05, 3.63) is 119 Å². The number of carbonyl (C=O) groups excluding carboxylic acids is 4. The molecule has 8 N–H and O–H groups in total. The number of hydrogen-bond acceptors (Lipinski definition) is 14. The van der Waals surface area contributed by atoms with Gasteiger partial charge in [-0.3, -0.25) is 29.4 Å². The number of hydrazone groups is 1. The third-order valence-corrected chi connectivity index (χ3v) is 12.4. The number of Topliss-reactive ketones (excluding diaryl/α,β-unsaturated/α-hetero) is 1. The number of aromatic nitrogens is 1. The molecule has 0 fully saturated rings. The van der Waals surface area contributed by atoms with Gasteiger partial charge in [0.05, 0.1) is 36.5 Å². The van der Waals surface area contributed by atoms with E-state index in [-0.39, 0.29) is 65.3 Å². The van der Waals surface area contributed by atoms with Crippen LogP contribution in [-0.2, 0) is 33.6 Å². The van der Waals surface area contributed by atoms with E-state index >= 15 is 0 Å². The van der Waals surface area contributed by atoms with Crippen LogP contribution in [0.25, 0.3) is 0 Å². The van der Waals surface area contributed by atoms with Crippen LogP contribution in [0.1, 0.15) is 114 Å². The molecular formula is C51H64N6O12S. The number of carboxylic acids is 1. The number of anilines is 1. The summed E-state index contributed by atoms with van der Waals surface area (Å²) in [7, 11) is -2.48. The first-order valence-corrected chi connectivity index (χ1v) is 24.9. The van der Waals surface area contributed by atoms with Gasteiger partial charge in [0, 0.05) is 61.3 Å². The van der Waals surface area contributed by atoms with Crippen LogP contribution < -0.4 is 35.6 Å². The number of ketones is 1. The van der Waals surface area contributed by atoms with Crippen molar-refractivity contribution in [2.45, 2.75) is 101 Å². The number of carboxylic acid groups (broad SMARTS) is 1. The Hall–Kier alpha value is -6.80. The molecule has 0 saturated carbocycles. The van der Waals surface area contributed by atoms with E-state index in [1.54, 1.807) is 36.4 Å². The molecule has 4 aromatic rings. The van der Waals surface area contributed by atoms with E-state index in [0.29, 0.717) is 75.3 Å². The van der Waals surface area contributed by atoms with Crippen LogP contribution in [0.4, 0.5) is 5.82 Å². The van der Waals surface area contributed by atoms with E-state index < -0.39 is 28.8 Å². The summed E-state index contributed by atoms with van der Waals surface area (Å²) >= 11 is 0. The van der Waals surface area contributed by atoms with Crippen molar-refractivity contribution in [3.8, 4) is 17.2 Å². The molecule has 70 heavy (non-hydrogen) atoms. The summed E-state index contributed by atoms with van der Waals surface area (Å²) in [4.78, 5) is 66.3. The Bertz CT molecular complexity index is 2440. The van der Waals surface area contributed by atoms with Gasteiger partial charge in [-0.15, -0.1) is 6.58 Å². The number of nitrogens with zero attached hydrogens (tertiary/aromatic N) is 2. The number of unbranched alkanes of at least 4 members (excludes halogenated alkanes) is 3. The molecule has 3 amide bonds. The second-order valence-electron chi connectivity index (χ2n) is 16.5. The lowest BCUT2D eigenvalue weighted by atomic mass is 9.86. The molecule has 19 heteroatoms. The lowest BCUT2D eigenvalue weighted by Crippen LogP contribution is -2.45. The van der Waals surface area contributed by atoms with Crippen molar-refractivity contribution in [3.63, 3.8) is 0 Å². The molecule has 1 aliphatic carbocycles. The van der Waals surface area contributed by atoms with Gasteiger partial charge in [-0.2, -0.15) is 5.10 Å². The summed E-state index contributed by atoms with van der Waals surface area (Å²) in [5, 5.41) is 21.6. The number of ether oxygens (including phenoxy) is 3. The van der Waals surface area contributed by atoms with Gasteiger partial charge in [0.1, 0.15) is 40.0 Å². The minimum absolute atomic E-state index is 0.0871. The zero-order chi connectivity index (χ0) is 50.3. The molecule has 1 unspecified atom stereocenters. The van der Waals surface area contributed by atoms with E-state index in [1.165, 1.54) is 37.7 Å². The van der Waals surface area contributed by atoms with Gasteiger partial charge in [0.25, 0.3) is 5.91 Å². The van der Waals surface area contributed by atoms with E-state index in [1.807, 2.05) is 18.2 Å². The topological polar surface area (TPSA) is 267 Å². The van der Waals surface area contributed by atoms with Crippen LogP contribution >= 0.6 is 10.9 Å². The highest BCUT2D eigenvalue weighted by atomic mass is 32.3. The molecule has 0 radical (unpaired) electrons. The molecule has 1 aliphatic rings. The Morgan fingerprint density at radius 1 is 0.829 bits per heavy atom. The number of benzene rings is 3. The summed E-state index contributed by atoms with van der Waals surface area (Å²) in [5.74, 6) is 0.314. The van der Waals surface area contributed by atoms with Crippen LogP contribution in [0.3, 0.4) is 0 Å². The average Bonchev–Trinajstić information content (AvgIpc) is 3.34. The molecule has 0 saturated heterocycles. The van der Waals surface area contributed by atoms with Gasteiger partial charge in [-0.25, -0.2) is 4.98 Å². The number of aliphatic carboxylic acids is 1. The molecule has 18 nitrogen and oxygen atoms in total. The van der Waals surface area contributed by atoms with Crippen molar-refractivity contribution in [1.82, 2.24) is 20.9 Å². The number of rotatable bonds is 30. The van der Waals surface area contributed by atoms with Crippen molar-refractivity contribution in [2.75, 3.05) is 38.8 Å². The standard InChI is InChI=1S/C51H64N6O12S/c1-3-14-39-37-16-11-18-42(58)38(37)24-26-45(39)68-31-10-4-9-30-67-43-19-12-20-44(40(43)25-28-49(60)61)69-32-13-22-48(59)53-29-8-7-17-41(51(63)52-2)56-50(62)36-23-27-47(54-33-36)57-55-34-35-15-5-6-21-46(35)70(64,65)66/h3,5-6,12,15,19-21,23-24,26-27,33-34,41,64-66H,1,4,7-11,13-14,16-18,22,25,28-32H2,2H3,(H,52,63)(H,53,59)(H,54,57)(H,56,62)(H,60,61)/b55-34+. The lowest BCUT2D eigenvalue weighted by molar-refractivity contribution is -0.137. The SMILES string of the molecule is C=CCc1c(OCCCCCOc2cccc(OCCCC(=O)NCCCCC(NC(=O)c3ccc(N/N=C/c4ccccc4S(O)(O)O)nc3)C(=O)NC)c2CCC(=O)O)ccc2c1CCCC2=O. The Labute approximate surface area is 409 Å². The Balaban J connectivity index is 0.985. The smallest absolute Gasteiger partial charge is 0.303 e. The zero-order valence-corrected chi connectivity index (χ0v) is 40.3. The number of nitrogens with one attached hydrogen (secondary N) is 4. The molecule has 376 valence electrons. The van der Waals surface area contributed by atoms with E-state index in [2.05, 4.69) is 38.0 Å². The fraction of sp³-hybridized carbons (Fsp3) is 0.392. The van der Waals surface area contributed by atoms with Gasteiger partial charge in [-0.05, 0) is 119 Å². The molecule has 0 bridgehead atoms. The van der Waals surface area contributed by atoms with E-state index in [9.17, 15) is 42.7 Å². The third kappa shape index (κ3) is 17.0. The van der Waals surface area contributed by atoms with Gasteiger partial charge >= 0.3 is 5.97 Å². The van der Waals surface area contributed by atoms with Crippen molar-refractivity contribution >= 4 is 52.4 Å². The molecule has 3 aromatic carbocycles. The number of carbonyl (C=O) groups is 5. The van der Waals surface area contributed by atoms with Crippen LogP contribution in [0.15, 0.2) is 95.6 Å². The fourth-order valence-electron chi connectivity index (χ4n) is 7.81. The number of hydrogen-bond donors (Lipinski definition) is 8. The maximum atomic E-state index is 13.0. The quantitative estimate of drug-likeness (QED) is 0.0107. The van der Waals surface area contributed by atoms with Gasteiger partial charge in [-0.1, -0.05) is 30.3 Å². The lowest BCUT2D eigenvalue weighted by Gasteiger charge is -2.21. The number of pyridine rings is 1. The molecule has 1 aromatic heterocycles. The van der Waals surface area contributed by atoms with E-state index in [4.69, 9.17) is 14.2 Å². The summed E-state index contributed by atoms with van der Waals surface area (Å²) < 4.78 is 47.2. The highest BCUT2D eigenvalue weighted by Crippen LogP contribution is 2.44. The first kappa shape index (κ1) is 54.1. The first-order valence-electron chi connectivity index (χ1n) is 23.4. The highest BCUT2D eigenvalue weighted by Gasteiger charge is 2.23. The molecule has 1 heterocycles. The normalized spacial score (nSPS) is 12.9. The second-order valence-corrected chi connectivity index (χ2v) is 18.0. The summed E-state index contributed by atoms with van der Waals surface area (Å²) in [6.07, 6.45) is 11.9. The molecule has 0 spiro atoms. The molecule has 5 rings (SSSR count). The monoisotopic (exact) mass is 984 g/mol. The molecule has 0 aliphatic heterocycles. The molecule has 1 atom stereocenters. The largest absolute Gasteiger partial charge is 0.493 e.